The minimum absolute atomic E-state index is 0.200. The Morgan fingerprint density at radius 3 is 2.63 bits per heavy atom. The molecule has 0 amide bonds. The van der Waals surface area contributed by atoms with E-state index in [0.717, 1.165) is 34.1 Å². The molecule has 0 saturated heterocycles. The summed E-state index contributed by atoms with van der Waals surface area (Å²) in [6.45, 7) is 2.01. The number of halogens is 1. The molecule has 27 heavy (non-hydrogen) atoms. The van der Waals surface area contributed by atoms with Gasteiger partial charge in [-0.25, -0.2) is 4.39 Å². The number of ketones is 1. The van der Waals surface area contributed by atoms with E-state index in [1.54, 1.807) is 12.1 Å². The van der Waals surface area contributed by atoms with Crippen LogP contribution < -0.4 is 0 Å². The van der Waals surface area contributed by atoms with Crippen LogP contribution in [0.15, 0.2) is 36.4 Å². The standard InChI is InChI=1S/C22H20FN3O/c1-2-19-21-17(16-5-3-4-6-18(16)23)11-14(12-20(21)26-25-19)22(13-24)9-7-15(27)8-10-22/h3-6,11-12H,2,7-10H2,1H3,(H,25,26). The van der Waals surface area contributed by atoms with Crippen LogP contribution in [-0.2, 0) is 16.6 Å². The van der Waals surface area contributed by atoms with Gasteiger partial charge in [0, 0.05) is 23.8 Å². The molecule has 1 N–H and O–H groups in total. The van der Waals surface area contributed by atoms with Crippen molar-refractivity contribution in [2.45, 2.75) is 44.4 Å². The molecule has 1 saturated carbocycles. The van der Waals surface area contributed by atoms with Gasteiger partial charge in [-0.2, -0.15) is 10.4 Å². The van der Waals surface area contributed by atoms with Gasteiger partial charge in [0.25, 0.3) is 0 Å². The molecule has 0 unspecified atom stereocenters. The molecule has 0 aliphatic heterocycles. The molecule has 0 spiro atoms. The quantitative estimate of drug-likeness (QED) is 0.726. The zero-order chi connectivity index (χ0) is 19.0. The first-order chi connectivity index (χ1) is 13.1. The summed E-state index contributed by atoms with van der Waals surface area (Å²) in [4.78, 5) is 11.7. The number of aromatic amines is 1. The SMILES string of the molecule is CCc1n[nH]c2cc(C3(C#N)CCC(=O)CC3)cc(-c3ccccc3F)c12. The van der Waals surface area contributed by atoms with Crippen molar-refractivity contribution in [2.24, 2.45) is 0 Å². The van der Waals surface area contributed by atoms with Crippen LogP contribution in [0.3, 0.4) is 0 Å². The molecule has 1 aromatic heterocycles. The molecule has 2 aromatic carbocycles. The number of fused-ring (bicyclic) bond motifs is 1. The average Bonchev–Trinajstić information content (AvgIpc) is 3.12. The summed E-state index contributed by atoms with van der Waals surface area (Å²) >= 11 is 0. The lowest BCUT2D eigenvalue weighted by atomic mass is 9.69. The Bertz CT molecular complexity index is 1070. The molecular weight excluding hydrogens is 341 g/mol. The largest absolute Gasteiger partial charge is 0.300 e. The molecule has 1 aliphatic rings. The van der Waals surface area contributed by atoms with Gasteiger partial charge >= 0.3 is 0 Å². The molecule has 5 heteroatoms. The van der Waals surface area contributed by atoms with Crippen LogP contribution in [0, 0.1) is 17.1 Å². The van der Waals surface area contributed by atoms with Crippen molar-refractivity contribution in [2.75, 3.05) is 0 Å². The Morgan fingerprint density at radius 2 is 1.96 bits per heavy atom. The number of carbonyl (C=O) groups is 1. The Morgan fingerprint density at radius 1 is 1.22 bits per heavy atom. The van der Waals surface area contributed by atoms with Crippen molar-refractivity contribution in [3.63, 3.8) is 0 Å². The average molecular weight is 361 g/mol. The fourth-order valence-corrected chi connectivity index (χ4v) is 4.07. The molecule has 1 fully saturated rings. The molecular formula is C22H20FN3O. The summed E-state index contributed by atoms with van der Waals surface area (Å²) < 4.78 is 14.6. The smallest absolute Gasteiger partial charge is 0.133 e. The van der Waals surface area contributed by atoms with Crippen molar-refractivity contribution < 1.29 is 9.18 Å². The van der Waals surface area contributed by atoms with E-state index in [2.05, 4.69) is 16.3 Å². The van der Waals surface area contributed by atoms with Crippen LogP contribution >= 0.6 is 0 Å². The van der Waals surface area contributed by atoms with Crippen LogP contribution in [0.5, 0.6) is 0 Å². The first-order valence-electron chi connectivity index (χ1n) is 9.27. The van der Waals surface area contributed by atoms with Gasteiger partial charge in [-0.05, 0) is 48.6 Å². The Labute approximate surface area is 157 Å². The van der Waals surface area contributed by atoms with Gasteiger partial charge in [-0.1, -0.05) is 25.1 Å². The number of hydrogen-bond donors (Lipinski definition) is 1. The lowest BCUT2D eigenvalue weighted by molar-refractivity contribution is -0.120. The topological polar surface area (TPSA) is 69.5 Å². The third kappa shape index (κ3) is 2.82. The van der Waals surface area contributed by atoms with E-state index < -0.39 is 5.41 Å². The lowest BCUT2D eigenvalue weighted by Crippen LogP contribution is -2.30. The summed E-state index contributed by atoms with van der Waals surface area (Å²) in [5.41, 5.74) is 3.03. The highest BCUT2D eigenvalue weighted by Gasteiger charge is 2.37. The van der Waals surface area contributed by atoms with Gasteiger partial charge in [0.05, 0.1) is 22.7 Å². The summed E-state index contributed by atoms with van der Waals surface area (Å²) in [7, 11) is 0. The lowest BCUT2D eigenvalue weighted by Gasteiger charge is -2.31. The first-order valence-corrected chi connectivity index (χ1v) is 9.27. The molecule has 0 radical (unpaired) electrons. The van der Waals surface area contributed by atoms with Gasteiger partial charge in [-0.3, -0.25) is 9.89 Å². The molecule has 3 aromatic rings. The van der Waals surface area contributed by atoms with E-state index in [-0.39, 0.29) is 11.6 Å². The fraction of sp³-hybridized carbons (Fsp3) is 0.318. The van der Waals surface area contributed by atoms with Crippen molar-refractivity contribution in [3.05, 3.63) is 53.5 Å². The number of aryl methyl sites for hydroxylation is 1. The van der Waals surface area contributed by atoms with E-state index in [1.165, 1.54) is 6.07 Å². The van der Waals surface area contributed by atoms with Crippen LogP contribution in [0.4, 0.5) is 4.39 Å². The van der Waals surface area contributed by atoms with Crippen molar-refractivity contribution in [1.82, 2.24) is 10.2 Å². The van der Waals surface area contributed by atoms with E-state index in [1.807, 2.05) is 25.1 Å². The first kappa shape index (κ1) is 17.4. The zero-order valence-electron chi connectivity index (χ0n) is 15.2. The van der Waals surface area contributed by atoms with Crippen LogP contribution in [-0.4, -0.2) is 16.0 Å². The van der Waals surface area contributed by atoms with Gasteiger partial charge in [0.1, 0.15) is 11.6 Å². The number of hydrogen-bond acceptors (Lipinski definition) is 3. The normalized spacial score (nSPS) is 16.4. The summed E-state index contributed by atoms with van der Waals surface area (Å²) in [5, 5.41) is 18.3. The molecule has 1 heterocycles. The molecule has 136 valence electrons. The second-order valence-corrected chi connectivity index (χ2v) is 7.18. The number of nitrogens with zero attached hydrogens (tertiary/aromatic N) is 2. The number of aromatic nitrogens is 2. The zero-order valence-corrected chi connectivity index (χ0v) is 15.2. The maximum Gasteiger partial charge on any atom is 0.133 e. The Hall–Kier alpha value is -3.00. The number of carbonyl (C=O) groups excluding carboxylic acids is 1. The number of H-pyrrole nitrogens is 1. The monoisotopic (exact) mass is 361 g/mol. The van der Waals surface area contributed by atoms with Crippen LogP contribution in [0.2, 0.25) is 0 Å². The third-order valence-corrected chi connectivity index (χ3v) is 5.66. The summed E-state index contributed by atoms with van der Waals surface area (Å²) in [5.74, 6) is -0.102. The van der Waals surface area contributed by atoms with Gasteiger partial charge < -0.3 is 0 Å². The molecule has 1 aliphatic carbocycles. The van der Waals surface area contributed by atoms with Crippen molar-refractivity contribution >= 4 is 16.7 Å². The minimum atomic E-state index is -0.723. The molecule has 4 rings (SSSR count). The highest BCUT2D eigenvalue weighted by Crippen LogP contribution is 2.42. The fourth-order valence-electron chi connectivity index (χ4n) is 4.07. The molecule has 0 atom stereocenters. The summed E-state index contributed by atoms with van der Waals surface area (Å²) in [6.07, 6.45) is 2.53. The van der Waals surface area contributed by atoms with Crippen molar-refractivity contribution in [1.29, 1.82) is 5.26 Å². The van der Waals surface area contributed by atoms with E-state index in [9.17, 15) is 14.4 Å². The number of rotatable bonds is 3. The van der Waals surface area contributed by atoms with Crippen molar-refractivity contribution in [3.8, 4) is 17.2 Å². The van der Waals surface area contributed by atoms with E-state index in [0.29, 0.717) is 31.2 Å². The number of benzene rings is 2. The minimum Gasteiger partial charge on any atom is -0.300 e. The second-order valence-electron chi connectivity index (χ2n) is 7.18. The number of Topliss-reactive ketones (excluding diaryl/α,β-unsaturated/α-hetero) is 1. The van der Waals surface area contributed by atoms with E-state index in [4.69, 9.17) is 0 Å². The van der Waals surface area contributed by atoms with Crippen LogP contribution in [0.25, 0.3) is 22.0 Å². The second kappa shape index (κ2) is 6.62. The number of nitriles is 1. The predicted molar refractivity (Wildman–Crippen MR) is 102 cm³/mol. The van der Waals surface area contributed by atoms with Gasteiger partial charge in [0.2, 0.25) is 0 Å². The number of nitrogens with one attached hydrogen (secondary N) is 1. The summed E-state index contributed by atoms with van der Waals surface area (Å²) in [6, 6.07) is 13.0. The maximum absolute atomic E-state index is 14.6. The van der Waals surface area contributed by atoms with Crippen LogP contribution in [0.1, 0.15) is 43.9 Å². The van der Waals surface area contributed by atoms with Gasteiger partial charge in [-0.15, -0.1) is 0 Å². The van der Waals surface area contributed by atoms with Gasteiger partial charge in [0.15, 0.2) is 0 Å². The third-order valence-electron chi connectivity index (χ3n) is 5.66. The maximum atomic E-state index is 14.6. The Kier molecular flexibility index (Phi) is 4.27. The molecule has 0 bridgehead atoms. The van der Waals surface area contributed by atoms with E-state index >= 15 is 0 Å². The molecule has 4 nitrogen and oxygen atoms in total. The highest BCUT2D eigenvalue weighted by molar-refractivity contribution is 5.97. The predicted octanol–water partition coefficient (Wildman–Crippen LogP) is 4.84. The highest BCUT2D eigenvalue weighted by atomic mass is 19.1. The Balaban J connectivity index is 1.98.